The van der Waals surface area contributed by atoms with Gasteiger partial charge in [-0.2, -0.15) is 9.61 Å². The highest BCUT2D eigenvalue weighted by Crippen LogP contribution is 2.46. The number of carbonyl (C=O) groups is 5. The fourth-order valence-corrected chi connectivity index (χ4v) is 10.9. The normalized spacial score (nSPS) is 17.3. The van der Waals surface area contributed by atoms with Crippen molar-refractivity contribution >= 4 is 82.5 Å². The number of phosphoric ester groups is 1. The summed E-state index contributed by atoms with van der Waals surface area (Å²) in [4.78, 5) is 101. The number of amides is 4. The Hall–Kier alpha value is -8.40. The zero-order valence-corrected chi connectivity index (χ0v) is 55.8. The number of aliphatic hydroxyl groups excluding tert-OH is 2. The summed E-state index contributed by atoms with van der Waals surface area (Å²) < 4.78 is 53.1. The predicted octanol–water partition coefficient (Wildman–Crippen LogP) is 7.25. The molecule has 2 heterocycles. The molecular formula is C66H86ClN10O17P. The molecule has 4 unspecified atom stereocenters. The molecule has 8 atom stereocenters. The Labute approximate surface area is 555 Å². The molecule has 1 fully saturated rings. The van der Waals surface area contributed by atoms with Gasteiger partial charge >= 0.3 is 25.6 Å². The summed E-state index contributed by atoms with van der Waals surface area (Å²) in [6.45, 7) is 12.0. The second-order valence-electron chi connectivity index (χ2n) is 24.6. The summed E-state index contributed by atoms with van der Waals surface area (Å²) in [6, 6.07) is 27.3. The van der Waals surface area contributed by atoms with Gasteiger partial charge in [0.25, 0.3) is 5.91 Å². The summed E-state index contributed by atoms with van der Waals surface area (Å²) in [5.41, 5.74) is 14.0. The molecule has 12 N–H and O–H groups in total. The summed E-state index contributed by atoms with van der Waals surface area (Å²) in [6.07, 6.45) is -4.31. The number of hydrogen-bond acceptors (Lipinski definition) is 19. The van der Waals surface area contributed by atoms with Gasteiger partial charge in [-0.25, -0.2) is 24.4 Å². The number of nitrogens with one attached hydrogen (secondary N) is 5. The molecule has 1 aromatic heterocycles. The van der Waals surface area contributed by atoms with Crippen LogP contribution in [-0.2, 0) is 53.7 Å². The lowest BCUT2D eigenvalue weighted by Crippen LogP contribution is -2.56. The van der Waals surface area contributed by atoms with Crippen molar-refractivity contribution in [2.75, 3.05) is 38.6 Å². The van der Waals surface area contributed by atoms with E-state index in [4.69, 9.17) is 55.9 Å². The maximum Gasteiger partial charge on any atom is 0.493 e. The van der Waals surface area contributed by atoms with Gasteiger partial charge in [-0.1, -0.05) is 112 Å². The third-order valence-electron chi connectivity index (χ3n) is 14.9. The van der Waals surface area contributed by atoms with Crippen molar-refractivity contribution < 1.29 is 76.5 Å². The molecule has 4 amide bonds. The lowest BCUT2D eigenvalue weighted by molar-refractivity contribution is -0.150. The zero-order valence-electron chi connectivity index (χ0n) is 54.2. The molecule has 29 heteroatoms. The Morgan fingerprint density at radius 3 is 2.00 bits per heavy atom. The van der Waals surface area contributed by atoms with E-state index in [-0.39, 0.29) is 63.5 Å². The number of rotatable bonds is 33. The first-order chi connectivity index (χ1) is 45.1. The second kappa shape index (κ2) is 34.8. The summed E-state index contributed by atoms with van der Waals surface area (Å²) in [7, 11) is -5.05. The van der Waals surface area contributed by atoms with Gasteiger partial charge < -0.3 is 71.5 Å². The first-order valence-corrected chi connectivity index (χ1v) is 33.2. The molecular weight excluding hydrogens is 1270 g/mol. The Bertz CT molecular complexity index is 3740. The van der Waals surface area contributed by atoms with Crippen LogP contribution in [0.25, 0.3) is 32.7 Å². The molecule has 0 saturated carbocycles. The molecule has 1 aliphatic rings. The van der Waals surface area contributed by atoms with Gasteiger partial charge in [0.15, 0.2) is 12.8 Å². The second-order valence-corrected chi connectivity index (χ2v) is 26.4. The standard InChI is InChI=1S/C66H86ClN10O17P/c1-39(2)30-34-88-50-27-23-42-15-8-10-17-45(42)55(50)56-46-18-11-9-16-43(46)24-28-51(56)89-38-54(78)72-47(19-12-13-31-71-65(85)93-66(5,6)7)59(81)73-48(60(82)74-49(35-40(3)4)62(83)90-36-41-21-25-44(67)26-22-41)20-14-32-70-63(69)76-94-95(86,87)91-37-52-57(79)58(80)61(92-52)77-33-29-53(68)75-64(77)84/h8-11,15-18,21-29,33,39-40,47-49,52,57-58,61,79-80H,12-14,19-20,30-32,34-38H2,1-7H3,(H,71,85)(H,72,78)(H,73,81)(H,74,82)(H,86,87)(H2,68,75,84)(H3,69,70,76)/t47?,48?,49?,52-,57-,58-,61-/m1/s1. The number of fused-ring (bicyclic) bond motifs is 2. The molecule has 0 radical (unpaired) electrons. The van der Waals surface area contributed by atoms with Gasteiger partial charge in [0.1, 0.15) is 66.0 Å². The van der Waals surface area contributed by atoms with Crippen LogP contribution < -0.4 is 53.4 Å². The Morgan fingerprint density at radius 2 is 1.38 bits per heavy atom. The number of guanidine groups is 1. The minimum absolute atomic E-state index is 0.00657. The number of hydrogen-bond donors (Lipinski definition) is 10. The highest BCUT2D eigenvalue weighted by Gasteiger charge is 2.45. The number of ether oxygens (including phenoxy) is 5. The number of alkyl carbamates (subject to hydrolysis) is 1. The number of nitrogens with two attached hydrogens (primary N) is 2. The van der Waals surface area contributed by atoms with Gasteiger partial charge in [0.2, 0.25) is 17.8 Å². The van der Waals surface area contributed by atoms with E-state index in [1.54, 1.807) is 51.1 Å². The van der Waals surface area contributed by atoms with Crippen LogP contribution in [0, 0.1) is 11.8 Å². The summed E-state index contributed by atoms with van der Waals surface area (Å²) >= 11 is 6.08. The maximum absolute atomic E-state index is 14.8. The van der Waals surface area contributed by atoms with Gasteiger partial charge in [-0.15, -0.1) is 0 Å². The van der Waals surface area contributed by atoms with Crippen molar-refractivity contribution in [3.05, 3.63) is 130 Å². The van der Waals surface area contributed by atoms with Crippen LogP contribution in [0.2, 0.25) is 5.02 Å². The van der Waals surface area contributed by atoms with Crippen LogP contribution >= 0.6 is 19.4 Å². The first-order valence-electron chi connectivity index (χ1n) is 31.3. The highest BCUT2D eigenvalue weighted by molar-refractivity contribution is 7.47. The average Bonchev–Trinajstić information content (AvgIpc) is 1.23. The predicted molar refractivity (Wildman–Crippen MR) is 356 cm³/mol. The van der Waals surface area contributed by atoms with E-state index in [1.807, 2.05) is 86.1 Å². The molecule has 5 aromatic carbocycles. The number of nitrogens with zero attached hydrogens (tertiary/aromatic N) is 3. The van der Waals surface area contributed by atoms with Gasteiger partial charge in [0, 0.05) is 35.4 Å². The van der Waals surface area contributed by atoms with Crippen molar-refractivity contribution in [3.63, 3.8) is 0 Å². The van der Waals surface area contributed by atoms with Crippen molar-refractivity contribution in [2.24, 2.45) is 22.6 Å². The summed E-state index contributed by atoms with van der Waals surface area (Å²) in [5, 5.41) is 36.3. The Morgan fingerprint density at radius 1 is 0.768 bits per heavy atom. The van der Waals surface area contributed by atoms with Crippen LogP contribution in [-0.4, -0.2) is 135 Å². The molecule has 0 spiro atoms. The number of phosphoric acid groups is 1. The number of aliphatic hydroxyl groups is 2. The summed E-state index contributed by atoms with van der Waals surface area (Å²) in [5.74, 6) is -2.43. The number of nitrogen functional groups attached to an aromatic ring is 1. The van der Waals surface area contributed by atoms with E-state index >= 15 is 0 Å². The smallest absolute Gasteiger partial charge is 0.493 e. The van der Waals surface area contributed by atoms with Crippen molar-refractivity contribution in [2.45, 2.75) is 148 Å². The molecule has 95 heavy (non-hydrogen) atoms. The molecule has 7 rings (SSSR count). The van der Waals surface area contributed by atoms with Crippen LogP contribution in [0.1, 0.15) is 105 Å². The van der Waals surface area contributed by atoms with Crippen molar-refractivity contribution in [1.82, 2.24) is 36.3 Å². The number of esters is 1. The largest absolute Gasteiger partial charge is 0.493 e. The number of aliphatic imine (C=N–C) groups is 1. The number of aromatic nitrogens is 2. The molecule has 27 nitrogen and oxygen atoms in total. The first kappa shape index (κ1) is 74.0. The van der Waals surface area contributed by atoms with Crippen LogP contribution in [0.5, 0.6) is 11.5 Å². The van der Waals surface area contributed by atoms with E-state index in [1.165, 1.54) is 12.3 Å². The quantitative estimate of drug-likeness (QED) is 0.00484. The van der Waals surface area contributed by atoms with Crippen LogP contribution in [0.3, 0.4) is 0 Å². The van der Waals surface area contributed by atoms with Crippen LogP contribution in [0.15, 0.2) is 119 Å². The van der Waals surface area contributed by atoms with Gasteiger partial charge in [-0.3, -0.25) is 28.5 Å². The van der Waals surface area contributed by atoms with E-state index < -0.39 is 111 Å². The van der Waals surface area contributed by atoms with Gasteiger partial charge in [0.05, 0.1) is 13.2 Å². The topological polar surface area (TPSA) is 387 Å². The van der Waals surface area contributed by atoms with Gasteiger partial charge in [-0.05, 0) is 135 Å². The molecule has 6 aromatic rings. The Kier molecular flexibility index (Phi) is 27.1. The number of unbranched alkanes of at least 4 members (excludes halogenated alkanes) is 1. The van der Waals surface area contributed by atoms with Crippen molar-refractivity contribution in [3.8, 4) is 22.6 Å². The number of benzene rings is 5. The molecule has 0 aliphatic carbocycles. The minimum Gasteiger partial charge on any atom is -0.493 e. The number of anilines is 1. The number of hydroxylamine groups is 1. The lowest BCUT2D eigenvalue weighted by atomic mass is 9.92. The zero-order chi connectivity index (χ0) is 69.0. The third-order valence-corrected chi connectivity index (χ3v) is 15.9. The Balaban J connectivity index is 1.09. The monoisotopic (exact) mass is 1360 g/mol. The minimum atomic E-state index is -5.05. The van der Waals surface area contributed by atoms with E-state index in [2.05, 4.69) is 45.1 Å². The molecule has 514 valence electrons. The van der Waals surface area contributed by atoms with Crippen molar-refractivity contribution in [1.29, 1.82) is 0 Å². The third kappa shape index (κ3) is 22.6. The van der Waals surface area contributed by atoms with E-state index in [0.29, 0.717) is 46.6 Å². The lowest BCUT2D eigenvalue weighted by Gasteiger charge is -2.26. The molecule has 1 saturated heterocycles. The maximum atomic E-state index is 14.8. The average molecular weight is 1360 g/mol. The SMILES string of the molecule is CC(C)CCOc1ccc2ccccc2c1-c1c(OCC(=O)NC(CCCCNC(=O)OC(C)(C)C)C(=O)NC(CCCN=C(N)NOP(=O)(O)OC[C@H]2O[C@@H](n3ccc(N)nc3=O)[C@H](O)[C@@H]2O)C(=O)NC(CC(C)C)C(=O)OCc2ccc(Cl)cc2)ccc2ccccc12. The van der Waals surface area contributed by atoms with E-state index in [0.717, 1.165) is 38.1 Å². The number of halogens is 1. The van der Waals surface area contributed by atoms with E-state index in [9.17, 15) is 48.4 Å². The highest BCUT2D eigenvalue weighted by atomic mass is 35.5. The fraction of sp³-hybridized carbons (Fsp3) is 0.455. The number of carbonyl (C=O) groups excluding carboxylic acids is 5. The molecule has 0 bridgehead atoms. The molecule has 1 aliphatic heterocycles. The fourth-order valence-electron chi connectivity index (χ4n) is 10.2. The van der Waals surface area contributed by atoms with Crippen LogP contribution in [0.4, 0.5) is 10.6 Å².